The van der Waals surface area contributed by atoms with Crippen molar-refractivity contribution in [2.75, 3.05) is 6.54 Å². The summed E-state index contributed by atoms with van der Waals surface area (Å²) in [5.74, 6) is -0.528. The third-order valence-corrected chi connectivity index (χ3v) is 2.56. The number of nitriles is 1. The first kappa shape index (κ1) is 15.4. The first-order valence-electron chi connectivity index (χ1n) is 6.27. The minimum absolute atomic E-state index is 0.256. The summed E-state index contributed by atoms with van der Waals surface area (Å²) in [6.45, 7) is 1.64. The molecule has 0 saturated heterocycles. The van der Waals surface area contributed by atoms with E-state index >= 15 is 0 Å². The quantitative estimate of drug-likeness (QED) is 0.755. The Hall–Kier alpha value is -2.61. The molecule has 5 nitrogen and oxygen atoms in total. The van der Waals surface area contributed by atoms with Crippen LogP contribution >= 0.6 is 0 Å². The molecule has 1 unspecified atom stereocenters. The van der Waals surface area contributed by atoms with Gasteiger partial charge >= 0.3 is 0 Å². The van der Waals surface area contributed by atoms with Gasteiger partial charge in [0.15, 0.2) is 0 Å². The number of benzene rings is 1. The van der Waals surface area contributed by atoms with Crippen molar-refractivity contribution < 1.29 is 9.59 Å². The van der Waals surface area contributed by atoms with Crippen LogP contribution in [0.4, 0.5) is 0 Å². The largest absolute Gasteiger partial charge is 0.351 e. The van der Waals surface area contributed by atoms with Crippen molar-refractivity contribution in [1.82, 2.24) is 10.6 Å². The first-order chi connectivity index (χ1) is 9.63. The van der Waals surface area contributed by atoms with E-state index in [9.17, 15) is 9.59 Å². The van der Waals surface area contributed by atoms with E-state index in [0.29, 0.717) is 6.42 Å². The van der Waals surface area contributed by atoms with Crippen LogP contribution in [0.15, 0.2) is 42.5 Å². The van der Waals surface area contributed by atoms with Gasteiger partial charge in [0.2, 0.25) is 11.8 Å². The molecule has 0 spiro atoms. The van der Waals surface area contributed by atoms with Crippen LogP contribution in [0.25, 0.3) is 0 Å². The van der Waals surface area contributed by atoms with Crippen LogP contribution < -0.4 is 10.6 Å². The molecule has 0 bridgehead atoms. The molecule has 0 aliphatic rings. The monoisotopic (exact) mass is 271 g/mol. The summed E-state index contributed by atoms with van der Waals surface area (Å²) in [6.07, 6.45) is 3.27. The number of amides is 2. The highest BCUT2D eigenvalue weighted by molar-refractivity contribution is 5.87. The van der Waals surface area contributed by atoms with Gasteiger partial charge in [-0.05, 0) is 5.56 Å². The maximum atomic E-state index is 12.0. The van der Waals surface area contributed by atoms with E-state index in [4.69, 9.17) is 5.26 Å². The Bertz CT molecular complexity index is 518. The van der Waals surface area contributed by atoms with Crippen LogP contribution in [0.5, 0.6) is 0 Å². The Morgan fingerprint density at radius 3 is 2.65 bits per heavy atom. The molecule has 0 aliphatic heterocycles. The lowest BCUT2D eigenvalue weighted by molar-refractivity contribution is -0.127. The minimum atomic E-state index is -0.620. The summed E-state index contributed by atoms with van der Waals surface area (Å²) in [6, 6.07) is 10.7. The SMILES string of the molecule is CC(=O)NC(Cc1ccccc1)C(=O)NC/C=C/C#N. The van der Waals surface area contributed by atoms with E-state index in [0.717, 1.165) is 5.56 Å². The molecule has 1 aromatic rings. The number of allylic oxidation sites excluding steroid dienone is 1. The number of carbonyl (C=O) groups is 2. The second-order valence-corrected chi connectivity index (χ2v) is 4.22. The van der Waals surface area contributed by atoms with Gasteiger partial charge in [-0.3, -0.25) is 9.59 Å². The zero-order valence-electron chi connectivity index (χ0n) is 11.3. The van der Waals surface area contributed by atoms with Gasteiger partial charge in [-0.15, -0.1) is 0 Å². The predicted molar refractivity (Wildman–Crippen MR) is 75.5 cm³/mol. The lowest BCUT2D eigenvalue weighted by Gasteiger charge is -2.17. The van der Waals surface area contributed by atoms with Crippen molar-refractivity contribution in [3.63, 3.8) is 0 Å². The van der Waals surface area contributed by atoms with E-state index in [1.54, 1.807) is 6.08 Å². The molecular weight excluding hydrogens is 254 g/mol. The fourth-order valence-electron chi connectivity index (χ4n) is 1.70. The average molecular weight is 271 g/mol. The molecular formula is C15H17N3O2. The fraction of sp³-hybridized carbons (Fsp3) is 0.267. The molecule has 2 amide bonds. The van der Waals surface area contributed by atoms with Crippen LogP contribution in [0.2, 0.25) is 0 Å². The minimum Gasteiger partial charge on any atom is -0.351 e. The number of nitrogens with zero attached hydrogens (tertiary/aromatic N) is 1. The standard InChI is InChI=1S/C15H17N3O2/c1-12(19)18-14(11-13-7-3-2-4-8-13)15(20)17-10-6-5-9-16/h2-8,14H,10-11H2,1H3,(H,17,20)(H,18,19)/b6-5+. The topological polar surface area (TPSA) is 82.0 Å². The summed E-state index contributed by atoms with van der Waals surface area (Å²) < 4.78 is 0. The smallest absolute Gasteiger partial charge is 0.243 e. The van der Waals surface area contributed by atoms with Crippen molar-refractivity contribution >= 4 is 11.8 Å². The maximum Gasteiger partial charge on any atom is 0.243 e. The van der Waals surface area contributed by atoms with Crippen molar-refractivity contribution in [2.45, 2.75) is 19.4 Å². The number of rotatable bonds is 6. The summed E-state index contributed by atoms with van der Waals surface area (Å²) in [5, 5.41) is 13.6. The highest BCUT2D eigenvalue weighted by Gasteiger charge is 2.18. The van der Waals surface area contributed by atoms with Crippen molar-refractivity contribution in [3.8, 4) is 6.07 Å². The first-order valence-corrected chi connectivity index (χ1v) is 6.27. The summed E-state index contributed by atoms with van der Waals surface area (Å²) in [5.41, 5.74) is 0.967. The van der Waals surface area contributed by atoms with Gasteiger partial charge in [-0.2, -0.15) is 5.26 Å². The third-order valence-electron chi connectivity index (χ3n) is 2.56. The van der Waals surface area contributed by atoms with E-state index in [1.165, 1.54) is 13.0 Å². The normalized spacial score (nSPS) is 11.6. The van der Waals surface area contributed by atoms with E-state index < -0.39 is 6.04 Å². The number of hydrogen-bond acceptors (Lipinski definition) is 3. The van der Waals surface area contributed by atoms with Gasteiger partial charge in [0, 0.05) is 26.0 Å². The van der Waals surface area contributed by atoms with Crippen LogP contribution in [-0.2, 0) is 16.0 Å². The number of hydrogen-bond donors (Lipinski definition) is 2. The zero-order chi connectivity index (χ0) is 14.8. The molecule has 1 aromatic carbocycles. The third kappa shape index (κ3) is 5.83. The summed E-state index contributed by atoms with van der Waals surface area (Å²) in [7, 11) is 0. The zero-order valence-corrected chi connectivity index (χ0v) is 11.3. The Kier molecular flexibility index (Phi) is 6.55. The molecule has 104 valence electrons. The van der Waals surface area contributed by atoms with Gasteiger partial charge in [0.25, 0.3) is 0 Å². The number of nitrogens with one attached hydrogen (secondary N) is 2. The molecule has 2 N–H and O–H groups in total. The van der Waals surface area contributed by atoms with Crippen molar-refractivity contribution in [2.24, 2.45) is 0 Å². The summed E-state index contributed by atoms with van der Waals surface area (Å²) >= 11 is 0. The highest BCUT2D eigenvalue weighted by atomic mass is 16.2. The van der Waals surface area contributed by atoms with Gasteiger partial charge < -0.3 is 10.6 Å². The molecule has 0 aliphatic carbocycles. The van der Waals surface area contributed by atoms with Crippen molar-refractivity contribution in [1.29, 1.82) is 5.26 Å². The molecule has 0 heterocycles. The lowest BCUT2D eigenvalue weighted by atomic mass is 10.1. The molecule has 0 radical (unpaired) electrons. The second kappa shape index (κ2) is 8.48. The Balaban J connectivity index is 2.64. The Labute approximate surface area is 118 Å². The van der Waals surface area contributed by atoms with Gasteiger partial charge in [0.1, 0.15) is 6.04 Å². The highest BCUT2D eigenvalue weighted by Crippen LogP contribution is 2.03. The fourth-order valence-corrected chi connectivity index (χ4v) is 1.70. The maximum absolute atomic E-state index is 12.0. The van der Waals surface area contributed by atoms with Crippen LogP contribution in [0.1, 0.15) is 12.5 Å². The average Bonchev–Trinajstić information content (AvgIpc) is 2.43. The van der Waals surface area contributed by atoms with Crippen LogP contribution in [0.3, 0.4) is 0 Å². The molecule has 0 saturated carbocycles. The molecule has 1 atom stereocenters. The van der Waals surface area contributed by atoms with Crippen LogP contribution in [-0.4, -0.2) is 24.4 Å². The lowest BCUT2D eigenvalue weighted by Crippen LogP contribution is -2.47. The van der Waals surface area contributed by atoms with Gasteiger partial charge in [0.05, 0.1) is 6.07 Å². The molecule has 20 heavy (non-hydrogen) atoms. The van der Waals surface area contributed by atoms with E-state index in [2.05, 4.69) is 10.6 Å². The molecule has 0 aromatic heterocycles. The molecule has 5 heteroatoms. The van der Waals surface area contributed by atoms with Crippen LogP contribution in [0, 0.1) is 11.3 Å². The van der Waals surface area contributed by atoms with Gasteiger partial charge in [-0.1, -0.05) is 36.4 Å². The van der Waals surface area contributed by atoms with E-state index in [1.807, 2.05) is 36.4 Å². The Morgan fingerprint density at radius 1 is 1.35 bits per heavy atom. The molecule has 0 fully saturated rings. The van der Waals surface area contributed by atoms with E-state index in [-0.39, 0.29) is 18.4 Å². The van der Waals surface area contributed by atoms with Crippen molar-refractivity contribution in [3.05, 3.63) is 48.0 Å². The van der Waals surface area contributed by atoms with Gasteiger partial charge in [-0.25, -0.2) is 0 Å². The Morgan fingerprint density at radius 2 is 2.05 bits per heavy atom. The predicted octanol–water partition coefficient (Wildman–Crippen LogP) is 0.930. The number of carbonyl (C=O) groups excluding carboxylic acids is 2. The summed E-state index contributed by atoms with van der Waals surface area (Å²) in [4.78, 5) is 23.2. The molecule has 1 rings (SSSR count). The second-order valence-electron chi connectivity index (χ2n) is 4.22.